The second-order valence-electron chi connectivity index (χ2n) is 6.35. The van der Waals surface area contributed by atoms with Gasteiger partial charge in [0.2, 0.25) is 0 Å². The van der Waals surface area contributed by atoms with Crippen molar-refractivity contribution in [3.05, 3.63) is 35.5 Å². The van der Waals surface area contributed by atoms with Crippen LogP contribution in [-0.2, 0) is 9.47 Å². The summed E-state index contributed by atoms with van der Waals surface area (Å²) in [5, 5.41) is 1.25. The second kappa shape index (κ2) is 5.21. The van der Waals surface area contributed by atoms with E-state index in [0.29, 0.717) is 0 Å². The first-order valence-corrected chi connectivity index (χ1v) is 8.07. The van der Waals surface area contributed by atoms with Gasteiger partial charge >= 0.3 is 0 Å². The lowest BCUT2D eigenvalue weighted by Crippen LogP contribution is -2.45. The maximum atomic E-state index is 5.83. The third kappa shape index (κ3) is 2.27. The largest absolute Gasteiger partial charge is 0.369 e. The van der Waals surface area contributed by atoms with Crippen LogP contribution in [0.4, 0.5) is 5.69 Å². The van der Waals surface area contributed by atoms with Gasteiger partial charge in [-0.05, 0) is 31.5 Å². The molecule has 3 heterocycles. The van der Waals surface area contributed by atoms with Gasteiger partial charge in [-0.1, -0.05) is 12.1 Å². The molecule has 0 atom stereocenters. The maximum Gasteiger partial charge on any atom is 0.171 e. The number of hydrogen-bond donors (Lipinski definition) is 0. The summed E-state index contributed by atoms with van der Waals surface area (Å²) < 4.78 is 11.7. The van der Waals surface area contributed by atoms with Crippen molar-refractivity contribution in [2.75, 3.05) is 31.2 Å². The third-order valence-corrected chi connectivity index (χ3v) is 4.83. The molecule has 4 nitrogen and oxygen atoms in total. The Morgan fingerprint density at radius 3 is 2.55 bits per heavy atom. The Labute approximate surface area is 131 Å². The van der Waals surface area contributed by atoms with Crippen molar-refractivity contribution in [2.45, 2.75) is 32.5 Å². The fourth-order valence-corrected chi connectivity index (χ4v) is 3.70. The molecule has 2 aliphatic rings. The average molecular weight is 298 g/mol. The Kier molecular flexibility index (Phi) is 3.31. The van der Waals surface area contributed by atoms with Crippen LogP contribution in [0.2, 0.25) is 0 Å². The van der Waals surface area contributed by atoms with Gasteiger partial charge in [-0.15, -0.1) is 0 Å². The van der Waals surface area contributed by atoms with Crippen LogP contribution in [0.15, 0.2) is 24.3 Å². The quantitative estimate of drug-likeness (QED) is 0.810. The molecule has 1 aromatic heterocycles. The molecule has 0 saturated carbocycles. The highest BCUT2D eigenvalue weighted by Gasteiger charge is 2.40. The van der Waals surface area contributed by atoms with Gasteiger partial charge in [0.15, 0.2) is 5.79 Å². The number of pyridine rings is 1. The Bertz CT molecular complexity index is 698. The molecule has 2 saturated heterocycles. The summed E-state index contributed by atoms with van der Waals surface area (Å²) in [6.45, 7) is 7.59. The number of para-hydroxylation sites is 1. The number of fused-ring (bicyclic) bond motifs is 1. The predicted molar refractivity (Wildman–Crippen MR) is 87.3 cm³/mol. The highest BCUT2D eigenvalue weighted by molar-refractivity contribution is 5.93. The molecule has 2 aromatic rings. The van der Waals surface area contributed by atoms with Gasteiger partial charge in [-0.25, -0.2) is 0 Å². The minimum atomic E-state index is -0.319. The lowest BCUT2D eigenvalue weighted by Gasteiger charge is -2.39. The average Bonchev–Trinajstić information content (AvgIpc) is 2.96. The van der Waals surface area contributed by atoms with E-state index in [1.165, 1.54) is 16.6 Å². The molecule has 1 aromatic carbocycles. The van der Waals surface area contributed by atoms with Crippen molar-refractivity contribution in [1.82, 2.24) is 4.98 Å². The summed E-state index contributed by atoms with van der Waals surface area (Å²) in [6.07, 6.45) is 1.85. The minimum absolute atomic E-state index is 0.319. The highest BCUT2D eigenvalue weighted by Crippen LogP contribution is 2.35. The fraction of sp³-hybridized carbons (Fsp3) is 0.500. The van der Waals surface area contributed by atoms with Crippen molar-refractivity contribution in [3.8, 4) is 0 Å². The number of nitrogens with zero attached hydrogens (tertiary/aromatic N) is 2. The number of benzene rings is 1. The first-order chi connectivity index (χ1) is 10.7. The molecule has 4 rings (SSSR count). The lowest BCUT2D eigenvalue weighted by atomic mass is 10.0. The van der Waals surface area contributed by atoms with Gasteiger partial charge in [0, 0.05) is 37.0 Å². The van der Waals surface area contributed by atoms with E-state index >= 15 is 0 Å². The first-order valence-electron chi connectivity index (χ1n) is 8.07. The van der Waals surface area contributed by atoms with Crippen LogP contribution in [0.5, 0.6) is 0 Å². The van der Waals surface area contributed by atoms with E-state index in [2.05, 4.69) is 43.0 Å². The van der Waals surface area contributed by atoms with Crippen molar-refractivity contribution < 1.29 is 9.47 Å². The van der Waals surface area contributed by atoms with Gasteiger partial charge in [0.1, 0.15) is 0 Å². The van der Waals surface area contributed by atoms with E-state index in [-0.39, 0.29) is 5.79 Å². The summed E-state index contributed by atoms with van der Waals surface area (Å²) in [6, 6.07) is 8.63. The Morgan fingerprint density at radius 1 is 1.09 bits per heavy atom. The zero-order valence-corrected chi connectivity index (χ0v) is 13.3. The van der Waals surface area contributed by atoms with E-state index in [4.69, 9.17) is 14.5 Å². The molecule has 116 valence electrons. The number of hydrogen-bond acceptors (Lipinski definition) is 4. The number of aryl methyl sites for hydroxylation is 2. The van der Waals surface area contributed by atoms with E-state index in [1.54, 1.807) is 0 Å². The molecular formula is C18H22N2O2. The fourth-order valence-electron chi connectivity index (χ4n) is 3.70. The number of aromatic nitrogens is 1. The van der Waals surface area contributed by atoms with Gasteiger partial charge < -0.3 is 14.4 Å². The monoisotopic (exact) mass is 298 g/mol. The van der Waals surface area contributed by atoms with Gasteiger partial charge in [0.05, 0.1) is 24.4 Å². The molecule has 0 unspecified atom stereocenters. The van der Waals surface area contributed by atoms with Gasteiger partial charge in [-0.2, -0.15) is 0 Å². The van der Waals surface area contributed by atoms with Crippen LogP contribution < -0.4 is 4.90 Å². The second-order valence-corrected chi connectivity index (χ2v) is 6.35. The molecule has 0 amide bonds. The van der Waals surface area contributed by atoms with Crippen LogP contribution in [0.3, 0.4) is 0 Å². The molecule has 0 bridgehead atoms. The summed E-state index contributed by atoms with van der Waals surface area (Å²) >= 11 is 0. The normalized spacial score (nSPS) is 20.9. The zero-order chi connectivity index (χ0) is 15.2. The van der Waals surface area contributed by atoms with Crippen molar-refractivity contribution >= 4 is 16.6 Å². The molecular weight excluding hydrogens is 276 g/mol. The summed E-state index contributed by atoms with van der Waals surface area (Å²) in [5.74, 6) is -0.319. The summed E-state index contributed by atoms with van der Waals surface area (Å²) in [5.41, 5.74) is 4.72. The van der Waals surface area contributed by atoms with E-state index in [0.717, 1.165) is 50.4 Å². The number of ether oxygens (including phenoxy) is 2. The number of anilines is 1. The molecule has 4 heteroatoms. The first kappa shape index (κ1) is 14.0. The highest BCUT2D eigenvalue weighted by atomic mass is 16.7. The van der Waals surface area contributed by atoms with Crippen LogP contribution in [0.1, 0.15) is 24.1 Å². The van der Waals surface area contributed by atoms with E-state index < -0.39 is 0 Å². The van der Waals surface area contributed by atoms with Crippen LogP contribution in [0, 0.1) is 13.8 Å². The summed E-state index contributed by atoms with van der Waals surface area (Å²) in [7, 11) is 0. The molecule has 0 radical (unpaired) electrons. The van der Waals surface area contributed by atoms with Crippen molar-refractivity contribution in [3.63, 3.8) is 0 Å². The van der Waals surface area contributed by atoms with Crippen LogP contribution >= 0.6 is 0 Å². The minimum Gasteiger partial charge on any atom is -0.369 e. The number of piperidine rings is 1. The standard InChI is InChI=1S/C18H22N2O2/c1-13-12-14(2)19-17-15(13)4-3-5-16(17)20-8-6-18(7-9-20)21-10-11-22-18/h3-5,12H,6-11H2,1-2H3. The summed E-state index contributed by atoms with van der Waals surface area (Å²) in [4.78, 5) is 7.22. The van der Waals surface area contributed by atoms with Crippen molar-refractivity contribution in [2.24, 2.45) is 0 Å². The molecule has 1 spiro atoms. The zero-order valence-electron chi connectivity index (χ0n) is 13.3. The topological polar surface area (TPSA) is 34.6 Å². The van der Waals surface area contributed by atoms with Crippen molar-refractivity contribution in [1.29, 1.82) is 0 Å². The molecule has 2 aliphatic heterocycles. The Morgan fingerprint density at radius 2 is 1.82 bits per heavy atom. The number of rotatable bonds is 1. The van der Waals surface area contributed by atoms with Crippen LogP contribution in [-0.4, -0.2) is 37.1 Å². The van der Waals surface area contributed by atoms with Crippen LogP contribution in [0.25, 0.3) is 10.9 Å². The van der Waals surface area contributed by atoms with E-state index in [9.17, 15) is 0 Å². The molecule has 2 fully saturated rings. The Hall–Kier alpha value is -1.65. The van der Waals surface area contributed by atoms with Gasteiger partial charge in [0.25, 0.3) is 0 Å². The smallest absolute Gasteiger partial charge is 0.171 e. The van der Waals surface area contributed by atoms with E-state index in [1.807, 2.05) is 0 Å². The lowest BCUT2D eigenvalue weighted by molar-refractivity contribution is -0.169. The Balaban J connectivity index is 1.67. The molecule has 22 heavy (non-hydrogen) atoms. The maximum absolute atomic E-state index is 5.83. The SMILES string of the molecule is Cc1cc(C)c2cccc(N3CCC4(CC3)OCCO4)c2n1. The predicted octanol–water partition coefficient (Wildman–Crippen LogP) is 3.19. The molecule has 0 aliphatic carbocycles. The van der Waals surface area contributed by atoms with Gasteiger partial charge in [-0.3, -0.25) is 4.98 Å². The third-order valence-electron chi connectivity index (χ3n) is 4.83. The molecule has 0 N–H and O–H groups in total.